The van der Waals surface area contributed by atoms with Gasteiger partial charge in [0, 0.05) is 20.2 Å². The Morgan fingerprint density at radius 3 is 0.868 bits per heavy atom. The summed E-state index contributed by atoms with van der Waals surface area (Å²) < 4.78 is 2.76. The van der Waals surface area contributed by atoms with E-state index in [-0.39, 0.29) is 0 Å². The zero-order chi connectivity index (χ0) is 25.6. The van der Waals surface area contributed by atoms with E-state index in [4.69, 9.17) is 0 Å². The zero-order valence-electron chi connectivity index (χ0n) is 21.1. The Kier molecular flexibility index (Phi) is 6.99. The number of thiophene rings is 1. The van der Waals surface area contributed by atoms with Crippen molar-refractivity contribution in [3.8, 4) is 0 Å². The van der Waals surface area contributed by atoms with E-state index in [1.54, 1.807) is 0 Å². The molecule has 1 aromatic heterocycles. The molecule has 0 aliphatic carbocycles. The van der Waals surface area contributed by atoms with Crippen molar-refractivity contribution in [2.24, 2.45) is 0 Å². The van der Waals surface area contributed by atoms with Gasteiger partial charge in [0.05, 0.1) is 0 Å². The van der Waals surface area contributed by atoms with Gasteiger partial charge >= 0.3 is 0 Å². The molecule has 6 aromatic carbocycles. The molecule has 38 heavy (non-hydrogen) atoms. The molecular formula is C36H28SSi. The monoisotopic (exact) mass is 520 g/mol. The van der Waals surface area contributed by atoms with Crippen LogP contribution in [-0.2, 0) is 0 Å². The SMILES string of the molecule is c1ccc([Si](c2ccccc2)(c2ccccc2)c2ccccc2)cc1.c1ccc2c(c1)sc1ccccc12. The number of hydrogen-bond donors (Lipinski definition) is 0. The summed E-state index contributed by atoms with van der Waals surface area (Å²) in [6.07, 6.45) is 0. The third kappa shape index (κ3) is 4.49. The summed E-state index contributed by atoms with van der Waals surface area (Å²) in [5, 5.41) is 8.42. The molecule has 182 valence electrons. The molecule has 0 amide bonds. The van der Waals surface area contributed by atoms with Crippen LogP contribution in [0, 0.1) is 0 Å². The molecule has 0 atom stereocenters. The fourth-order valence-electron chi connectivity index (χ4n) is 5.43. The predicted molar refractivity (Wildman–Crippen MR) is 169 cm³/mol. The lowest BCUT2D eigenvalue weighted by Gasteiger charge is -2.34. The maximum absolute atomic E-state index is 2.30. The Hall–Kier alpha value is -4.24. The van der Waals surface area contributed by atoms with Crippen LogP contribution in [0.2, 0.25) is 0 Å². The van der Waals surface area contributed by atoms with Gasteiger partial charge < -0.3 is 0 Å². The van der Waals surface area contributed by atoms with Crippen LogP contribution in [-0.4, -0.2) is 8.07 Å². The van der Waals surface area contributed by atoms with Gasteiger partial charge in [-0.2, -0.15) is 0 Å². The number of benzene rings is 6. The van der Waals surface area contributed by atoms with Gasteiger partial charge in [0.25, 0.3) is 0 Å². The van der Waals surface area contributed by atoms with E-state index in [9.17, 15) is 0 Å². The zero-order valence-corrected chi connectivity index (χ0v) is 22.9. The molecule has 0 bridgehead atoms. The molecule has 0 spiro atoms. The van der Waals surface area contributed by atoms with Gasteiger partial charge in [-0.1, -0.05) is 158 Å². The van der Waals surface area contributed by atoms with E-state index in [0.717, 1.165) is 0 Å². The fraction of sp³-hybridized carbons (Fsp3) is 0. The smallest absolute Gasteiger partial charge is 0.135 e. The molecule has 0 aliphatic rings. The summed E-state index contributed by atoms with van der Waals surface area (Å²) in [5.41, 5.74) is 0. The Bertz CT molecular complexity index is 1530. The van der Waals surface area contributed by atoms with Crippen LogP contribution in [0.4, 0.5) is 0 Å². The van der Waals surface area contributed by atoms with Crippen LogP contribution in [0.1, 0.15) is 0 Å². The van der Waals surface area contributed by atoms with Gasteiger partial charge in [0.1, 0.15) is 0 Å². The fourth-order valence-corrected chi connectivity index (χ4v) is 11.3. The van der Waals surface area contributed by atoms with Crippen LogP contribution >= 0.6 is 11.3 Å². The van der Waals surface area contributed by atoms with Crippen molar-refractivity contribution in [3.63, 3.8) is 0 Å². The summed E-state index contributed by atoms with van der Waals surface area (Å²) in [4.78, 5) is 0. The van der Waals surface area contributed by atoms with E-state index in [2.05, 4.69) is 170 Å². The van der Waals surface area contributed by atoms with Crippen LogP contribution < -0.4 is 20.7 Å². The first kappa shape index (κ1) is 24.1. The van der Waals surface area contributed by atoms with Gasteiger partial charge in [-0.3, -0.25) is 0 Å². The first-order valence-electron chi connectivity index (χ1n) is 13.0. The first-order chi connectivity index (χ1) is 18.9. The Balaban J connectivity index is 0.000000169. The predicted octanol–water partition coefficient (Wildman–Crippen LogP) is 7.12. The van der Waals surface area contributed by atoms with E-state index < -0.39 is 8.07 Å². The normalized spacial score (nSPS) is 11.2. The Morgan fingerprint density at radius 1 is 0.289 bits per heavy atom. The molecule has 0 nitrogen and oxygen atoms in total. The van der Waals surface area contributed by atoms with Crippen molar-refractivity contribution >= 4 is 60.3 Å². The maximum atomic E-state index is 2.29. The highest BCUT2D eigenvalue weighted by atomic mass is 32.1. The van der Waals surface area contributed by atoms with Gasteiger partial charge in [-0.15, -0.1) is 11.3 Å². The van der Waals surface area contributed by atoms with E-state index in [0.29, 0.717) is 0 Å². The van der Waals surface area contributed by atoms with Gasteiger partial charge in [-0.25, -0.2) is 0 Å². The standard InChI is InChI=1S/C24H20Si.C12H8S/c1-5-13-21(14-6-1)25(22-15-7-2-8-16-22,23-17-9-3-10-18-23)24-19-11-4-12-20-24;1-3-7-11-9(5-1)10-6-2-4-8-12(10)13-11/h1-20H;1-8H. The largest absolute Gasteiger partial charge is 0.179 e. The highest BCUT2D eigenvalue weighted by Gasteiger charge is 2.40. The van der Waals surface area contributed by atoms with Crippen LogP contribution in [0.25, 0.3) is 20.2 Å². The molecule has 0 aliphatic heterocycles. The molecule has 0 saturated carbocycles. The lowest BCUT2D eigenvalue weighted by Crippen LogP contribution is -2.74. The minimum Gasteiger partial charge on any atom is -0.135 e. The summed E-state index contributed by atoms with van der Waals surface area (Å²) >= 11 is 1.86. The molecule has 0 saturated heterocycles. The first-order valence-corrected chi connectivity index (χ1v) is 15.8. The summed E-state index contributed by atoms with van der Waals surface area (Å²) in [6.45, 7) is 0. The van der Waals surface area contributed by atoms with Crippen LogP contribution in [0.15, 0.2) is 170 Å². The van der Waals surface area contributed by atoms with Crippen molar-refractivity contribution in [2.45, 2.75) is 0 Å². The number of fused-ring (bicyclic) bond motifs is 3. The second-order valence-electron chi connectivity index (χ2n) is 9.31. The van der Waals surface area contributed by atoms with E-state index in [1.165, 1.54) is 40.9 Å². The lowest BCUT2D eigenvalue weighted by molar-refractivity contribution is 1.66. The highest BCUT2D eigenvalue weighted by molar-refractivity contribution is 7.25. The molecule has 0 N–H and O–H groups in total. The summed E-state index contributed by atoms with van der Waals surface area (Å²) in [6, 6.07) is 61.1. The average molecular weight is 521 g/mol. The Morgan fingerprint density at radius 2 is 0.553 bits per heavy atom. The second-order valence-corrected chi connectivity index (χ2v) is 14.2. The maximum Gasteiger partial charge on any atom is 0.179 e. The van der Waals surface area contributed by atoms with E-state index >= 15 is 0 Å². The second kappa shape index (κ2) is 11.0. The molecule has 0 unspecified atom stereocenters. The molecule has 1 heterocycles. The molecule has 0 radical (unpaired) electrons. The average Bonchev–Trinajstić information content (AvgIpc) is 3.39. The third-order valence-corrected chi connectivity index (χ3v) is 13.1. The number of hydrogen-bond acceptors (Lipinski definition) is 1. The molecule has 7 rings (SSSR count). The van der Waals surface area contributed by atoms with Crippen LogP contribution in [0.3, 0.4) is 0 Å². The number of rotatable bonds is 4. The van der Waals surface area contributed by atoms with Crippen molar-refractivity contribution in [2.75, 3.05) is 0 Å². The lowest BCUT2D eigenvalue weighted by atomic mass is 10.2. The minimum absolute atomic E-state index is 1.38. The molecular weight excluding hydrogens is 493 g/mol. The topological polar surface area (TPSA) is 0 Å². The van der Waals surface area contributed by atoms with Crippen molar-refractivity contribution < 1.29 is 0 Å². The molecule has 2 heteroatoms. The van der Waals surface area contributed by atoms with Crippen molar-refractivity contribution in [1.29, 1.82) is 0 Å². The minimum atomic E-state index is -2.30. The van der Waals surface area contributed by atoms with Gasteiger partial charge in [0.2, 0.25) is 0 Å². The summed E-state index contributed by atoms with van der Waals surface area (Å²) in [7, 11) is -2.30. The Labute approximate surface area is 229 Å². The van der Waals surface area contributed by atoms with Crippen molar-refractivity contribution in [3.05, 3.63) is 170 Å². The highest BCUT2D eigenvalue weighted by Crippen LogP contribution is 2.32. The quantitative estimate of drug-likeness (QED) is 0.171. The van der Waals surface area contributed by atoms with Gasteiger partial charge in [-0.05, 0) is 32.9 Å². The van der Waals surface area contributed by atoms with Gasteiger partial charge in [0.15, 0.2) is 8.07 Å². The van der Waals surface area contributed by atoms with E-state index in [1.807, 2.05) is 11.3 Å². The summed E-state index contributed by atoms with van der Waals surface area (Å²) in [5.74, 6) is 0. The van der Waals surface area contributed by atoms with Crippen LogP contribution in [0.5, 0.6) is 0 Å². The van der Waals surface area contributed by atoms with Crippen molar-refractivity contribution in [1.82, 2.24) is 0 Å². The molecule has 0 fully saturated rings. The third-order valence-electron chi connectivity index (χ3n) is 7.11. The molecule has 7 aromatic rings.